The Kier molecular flexibility index (Phi) is 3.38. The lowest BCUT2D eigenvalue weighted by atomic mass is 10.1. The van der Waals surface area contributed by atoms with Crippen LogP contribution in [0.2, 0.25) is 0 Å². The molecule has 1 aliphatic rings. The van der Waals surface area contributed by atoms with Crippen molar-refractivity contribution in [2.45, 2.75) is 6.42 Å². The van der Waals surface area contributed by atoms with Crippen molar-refractivity contribution in [2.24, 2.45) is 11.0 Å². The molecule has 0 aromatic heterocycles. The minimum atomic E-state index is 0.0233. The number of anilines is 2. The number of nitrogens with two attached hydrogens (primary N) is 1. The lowest BCUT2D eigenvalue weighted by molar-refractivity contribution is -0.117. The molecule has 6 heteroatoms. The number of fused-ring (bicyclic) bond motifs is 1. The molecule has 2 aromatic rings. The first-order chi connectivity index (χ1) is 10.2. The quantitative estimate of drug-likeness (QED) is 0.405. The lowest BCUT2D eigenvalue weighted by Gasteiger charge is -2.19. The average molecular weight is 281 g/mol. The molecule has 106 valence electrons. The number of hydrogen-bond acceptors (Lipinski definition) is 3. The Morgan fingerprint density at radius 2 is 2.05 bits per heavy atom. The molecule has 21 heavy (non-hydrogen) atoms. The topological polar surface area (TPSA) is 95.1 Å². The molecule has 1 atom stereocenters. The first-order valence-electron chi connectivity index (χ1n) is 6.78. The molecule has 1 heterocycles. The van der Waals surface area contributed by atoms with Gasteiger partial charge in [-0.3, -0.25) is 4.79 Å². The van der Waals surface area contributed by atoms with Crippen molar-refractivity contribution in [1.29, 1.82) is 0 Å². The Hall–Kier alpha value is -2.72. The molecule has 1 amide bonds. The highest BCUT2D eigenvalue weighted by Gasteiger charge is 2.31. The van der Waals surface area contributed by atoms with Crippen LogP contribution in [-0.4, -0.2) is 19.0 Å². The van der Waals surface area contributed by atoms with E-state index in [0.29, 0.717) is 25.2 Å². The highest BCUT2D eigenvalue weighted by Crippen LogP contribution is 2.33. The van der Waals surface area contributed by atoms with Gasteiger partial charge in [-0.25, -0.2) is 0 Å². The molecule has 0 saturated carbocycles. The van der Waals surface area contributed by atoms with Crippen LogP contribution in [0.5, 0.6) is 0 Å². The van der Waals surface area contributed by atoms with Crippen LogP contribution in [0.4, 0.5) is 11.4 Å². The fourth-order valence-electron chi connectivity index (χ4n) is 2.77. The van der Waals surface area contributed by atoms with E-state index in [1.165, 1.54) is 0 Å². The third kappa shape index (κ3) is 2.49. The van der Waals surface area contributed by atoms with E-state index in [2.05, 4.69) is 10.0 Å². The summed E-state index contributed by atoms with van der Waals surface area (Å²) in [6.45, 7) is 0.882. The number of benzene rings is 2. The molecule has 1 saturated heterocycles. The number of rotatable bonds is 3. The molecule has 2 N–H and O–H groups in total. The van der Waals surface area contributed by atoms with Crippen LogP contribution in [0.15, 0.2) is 41.5 Å². The third-order valence-corrected chi connectivity index (χ3v) is 3.79. The van der Waals surface area contributed by atoms with E-state index in [1.807, 2.05) is 36.4 Å². The van der Waals surface area contributed by atoms with Gasteiger partial charge in [0.1, 0.15) is 0 Å². The minimum absolute atomic E-state index is 0.0233. The zero-order valence-electron chi connectivity index (χ0n) is 11.4. The number of amides is 1. The van der Waals surface area contributed by atoms with Gasteiger partial charge in [0.15, 0.2) is 0 Å². The molecule has 3 rings (SSSR count). The van der Waals surface area contributed by atoms with E-state index in [-0.39, 0.29) is 11.8 Å². The van der Waals surface area contributed by atoms with E-state index in [4.69, 9.17) is 11.3 Å². The van der Waals surface area contributed by atoms with E-state index in [1.54, 1.807) is 4.90 Å². The second-order valence-corrected chi connectivity index (χ2v) is 5.25. The lowest BCUT2D eigenvalue weighted by Crippen LogP contribution is -2.25. The van der Waals surface area contributed by atoms with Gasteiger partial charge in [0.2, 0.25) is 5.91 Å². The normalized spacial score (nSPS) is 18.0. The van der Waals surface area contributed by atoms with E-state index in [9.17, 15) is 4.79 Å². The van der Waals surface area contributed by atoms with Crippen LogP contribution >= 0.6 is 0 Å². The number of carbonyl (C=O) groups excluding carboxylic acids is 1. The molecule has 0 aliphatic carbocycles. The molecular weight excluding hydrogens is 266 g/mol. The molecular formula is C15H15N5O. The molecule has 1 aliphatic heterocycles. The molecule has 0 bridgehead atoms. The van der Waals surface area contributed by atoms with Gasteiger partial charge in [0, 0.05) is 24.4 Å². The fraction of sp³-hybridized carbons (Fsp3) is 0.267. The first kappa shape index (κ1) is 13.3. The second-order valence-electron chi connectivity index (χ2n) is 5.25. The van der Waals surface area contributed by atoms with Crippen molar-refractivity contribution < 1.29 is 4.79 Å². The SMILES string of the molecule is [N-]=[N+]=NCC1CC(=O)N(c2cc3ccccc3cc2N)C1. The maximum Gasteiger partial charge on any atom is 0.227 e. The van der Waals surface area contributed by atoms with Gasteiger partial charge in [-0.05, 0) is 34.4 Å². The van der Waals surface area contributed by atoms with Crippen molar-refractivity contribution in [2.75, 3.05) is 23.7 Å². The van der Waals surface area contributed by atoms with Crippen LogP contribution < -0.4 is 10.6 Å². The maximum absolute atomic E-state index is 12.2. The Balaban J connectivity index is 1.94. The monoisotopic (exact) mass is 281 g/mol. The predicted octanol–water partition coefficient (Wildman–Crippen LogP) is 3.09. The van der Waals surface area contributed by atoms with Crippen molar-refractivity contribution in [3.63, 3.8) is 0 Å². The molecule has 0 radical (unpaired) electrons. The van der Waals surface area contributed by atoms with Crippen molar-refractivity contribution in [3.05, 3.63) is 46.8 Å². The number of nitrogens with zero attached hydrogens (tertiary/aromatic N) is 4. The molecule has 1 fully saturated rings. The van der Waals surface area contributed by atoms with E-state index in [0.717, 1.165) is 16.5 Å². The highest BCUT2D eigenvalue weighted by molar-refractivity contribution is 6.02. The van der Waals surface area contributed by atoms with Gasteiger partial charge in [-0.1, -0.05) is 29.4 Å². The maximum atomic E-state index is 12.2. The summed E-state index contributed by atoms with van der Waals surface area (Å²) < 4.78 is 0. The van der Waals surface area contributed by atoms with Crippen LogP contribution in [0.25, 0.3) is 21.2 Å². The number of azide groups is 1. The standard InChI is InChI=1S/C15H15N5O/c16-13-6-11-3-1-2-4-12(11)7-14(13)20-9-10(5-15(20)21)8-18-19-17/h1-4,6-7,10H,5,8-9,16H2. The zero-order chi connectivity index (χ0) is 14.8. The first-order valence-corrected chi connectivity index (χ1v) is 6.78. The van der Waals surface area contributed by atoms with Gasteiger partial charge in [0.05, 0.1) is 11.4 Å². The van der Waals surface area contributed by atoms with Crippen LogP contribution in [0.1, 0.15) is 6.42 Å². The van der Waals surface area contributed by atoms with Crippen molar-refractivity contribution in [1.82, 2.24) is 0 Å². The smallest absolute Gasteiger partial charge is 0.227 e. The Morgan fingerprint density at radius 1 is 1.33 bits per heavy atom. The van der Waals surface area contributed by atoms with E-state index >= 15 is 0 Å². The number of nitrogen functional groups attached to an aromatic ring is 1. The molecule has 6 nitrogen and oxygen atoms in total. The summed E-state index contributed by atoms with van der Waals surface area (Å²) in [5, 5.41) is 5.66. The summed E-state index contributed by atoms with van der Waals surface area (Å²) >= 11 is 0. The van der Waals surface area contributed by atoms with Crippen molar-refractivity contribution in [3.8, 4) is 0 Å². The minimum Gasteiger partial charge on any atom is -0.397 e. The van der Waals surface area contributed by atoms with Gasteiger partial charge in [-0.15, -0.1) is 0 Å². The van der Waals surface area contributed by atoms with Gasteiger partial charge in [-0.2, -0.15) is 0 Å². The summed E-state index contributed by atoms with van der Waals surface area (Å²) in [6, 6.07) is 11.7. The molecule has 1 unspecified atom stereocenters. The van der Waals surface area contributed by atoms with Crippen LogP contribution in [-0.2, 0) is 4.79 Å². The third-order valence-electron chi connectivity index (χ3n) is 3.79. The summed E-state index contributed by atoms with van der Waals surface area (Å²) in [6.07, 6.45) is 0.394. The Morgan fingerprint density at radius 3 is 2.76 bits per heavy atom. The van der Waals surface area contributed by atoms with E-state index < -0.39 is 0 Å². The molecule has 2 aromatic carbocycles. The fourth-order valence-corrected chi connectivity index (χ4v) is 2.77. The van der Waals surface area contributed by atoms with Gasteiger partial charge in [0.25, 0.3) is 0 Å². The number of hydrogen-bond donors (Lipinski definition) is 1. The van der Waals surface area contributed by atoms with Gasteiger partial charge < -0.3 is 10.6 Å². The summed E-state index contributed by atoms with van der Waals surface area (Å²) in [5.41, 5.74) is 15.8. The summed E-state index contributed by atoms with van der Waals surface area (Å²) in [5.74, 6) is 0.0781. The van der Waals surface area contributed by atoms with Gasteiger partial charge >= 0.3 is 0 Å². The van der Waals surface area contributed by atoms with Crippen LogP contribution in [0.3, 0.4) is 0 Å². The summed E-state index contributed by atoms with van der Waals surface area (Å²) in [4.78, 5) is 16.6. The largest absolute Gasteiger partial charge is 0.397 e. The van der Waals surface area contributed by atoms with Crippen molar-refractivity contribution >= 4 is 28.1 Å². The second kappa shape index (κ2) is 5.34. The Labute approximate surface area is 121 Å². The average Bonchev–Trinajstić information content (AvgIpc) is 2.85. The zero-order valence-corrected chi connectivity index (χ0v) is 11.4. The van der Waals surface area contributed by atoms with Crippen LogP contribution in [0, 0.1) is 5.92 Å². The highest BCUT2D eigenvalue weighted by atomic mass is 16.2. The molecule has 0 spiro atoms. The summed E-state index contributed by atoms with van der Waals surface area (Å²) in [7, 11) is 0. The number of carbonyl (C=O) groups is 1. The Bertz CT molecular complexity index is 751. The predicted molar refractivity (Wildman–Crippen MR) is 82.8 cm³/mol.